The van der Waals surface area contributed by atoms with Crippen molar-refractivity contribution in [1.29, 1.82) is 0 Å². The summed E-state index contributed by atoms with van der Waals surface area (Å²) in [6.45, 7) is 1.50. The topological polar surface area (TPSA) is 26.3 Å². The maximum Gasteiger partial charge on any atom is 0.421 e. The molecule has 0 saturated carbocycles. The van der Waals surface area contributed by atoms with Crippen LogP contribution in [0.4, 0.5) is 30.7 Å². The molecule has 0 aliphatic rings. The number of esters is 1. The Bertz CT molecular complexity index is 710. The molecule has 0 N–H and O–H groups in total. The summed E-state index contributed by atoms with van der Waals surface area (Å²) in [5.74, 6) is -7.96. The molecular weight excluding hydrogens is 464 g/mol. The van der Waals surface area contributed by atoms with Gasteiger partial charge in [0.2, 0.25) is 4.33 Å². The lowest BCUT2D eigenvalue weighted by molar-refractivity contribution is -0.148. The van der Waals surface area contributed by atoms with E-state index >= 15 is 0 Å². The molecule has 28 heavy (non-hydrogen) atoms. The lowest BCUT2D eigenvalue weighted by atomic mass is 9.83. The van der Waals surface area contributed by atoms with Gasteiger partial charge in [-0.25, -0.2) is 17.6 Å². The highest BCUT2D eigenvalue weighted by molar-refractivity contribution is 6.49. The third-order valence-electron chi connectivity index (χ3n) is 3.88. The number of benzene rings is 1. The minimum Gasteiger partial charge on any atom is -0.461 e. The van der Waals surface area contributed by atoms with E-state index in [0.29, 0.717) is 0 Å². The number of hydrogen-bond acceptors (Lipinski definition) is 2. The Morgan fingerprint density at radius 1 is 1.07 bits per heavy atom. The predicted molar refractivity (Wildman–Crippen MR) is 89.2 cm³/mol. The van der Waals surface area contributed by atoms with E-state index in [9.17, 15) is 35.5 Å². The molecule has 0 heterocycles. The molecule has 12 heteroatoms. The molecule has 0 radical (unpaired) electrons. The summed E-state index contributed by atoms with van der Waals surface area (Å²) in [6.07, 6.45) is -6.53. The number of hydrogen-bond donors (Lipinski definition) is 0. The molecule has 0 saturated heterocycles. The van der Waals surface area contributed by atoms with Crippen molar-refractivity contribution < 1.29 is 40.3 Å². The number of carbonyl (C=O) groups excluding carboxylic acids is 1. The molecule has 0 aliphatic carbocycles. The second-order valence-electron chi connectivity index (χ2n) is 6.65. The van der Waals surface area contributed by atoms with E-state index in [1.54, 1.807) is 0 Å². The summed E-state index contributed by atoms with van der Waals surface area (Å²) in [6, 6.07) is -0.0115. The summed E-state index contributed by atoms with van der Waals surface area (Å²) in [5.41, 5.74) is -2.48. The van der Waals surface area contributed by atoms with Gasteiger partial charge >= 0.3 is 12.1 Å². The van der Waals surface area contributed by atoms with Crippen LogP contribution >= 0.6 is 34.8 Å². The van der Waals surface area contributed by atoms with Crippen LogP contribution in [0.5, 0.6) is 0 Å². The minimum absolute atomic E-state index is 0.0115. The Labute approximate surface area is 170 Å². The molecule has 2 nitrogen and oxygen atoms in total. The Morgan fingerprint density at radius 3 is 1.96 bits per heavy atom. The Hall–Kier alpha value is -0.930. The van der Waals surface area contributed by atoms with Crippen LogP contribution in [0, 0.1) is 28.7 Å². The number of rotatable bonds is 7. The Kier molecular flexibility index (Phi) is 7.92. The van der Waals surface area contributed by atoms with Crippen LogP contribution < -0.4 is 0 Å². The summed E-state index contributed by atoms with van der Waals surface area (Å²) >= 11 is 16.4. The smallest absolute Gasteiger partial charge is 0.421 e. The van der Waals surface area contributed by atoms with Gasteiger partial charge in [-0.05, 0) is 5.41 Å². The van der Waals surface area contributed by atoms with Crippen molar-refractivity contribution in [3.63, 3.8) is 0 Å². The van der Waals surface area contributed by atoms with E-state index in [-0.39, 0.29) is 6.07 Å². The molecule has 0 amide bonds. The van der Waals surface area contributed by atoms with Crippen molar-refractivity contribution in [3.8, 4) is 0 Å². The molecule has 1 unspecified atom stereocenters. The summed E-state index contributed by atoms with van der Waals surface area (Å²) < 4.78 is 93.0. The largest absolute Gasteiger partial charge is 0.461 e. The van der Waals surface area contributed by atoms with Gasteiger partial charge in [0.1, 0.15) is 6.61 Å². The first-order valence-electron chi connectivity index (χ1n) is 7.55. The molecule has 160 valence electrons. The van der Waals surface area contributed by atoms with Crippen LogP contribution in [0.25, 0.3) is 0 Å². The van der Waals surface area contributed by atoms with Crippen LogP contribution in [-0.4, -0.2) is 21.9 Å². The van der Waals surface area contributed by atoms with E-state index in [2.05, 4.69) is 4.74 Å². The number of ether oxygens (including phenoxy) is 1. The fourth-order valence-corrected chi connectivity index (χ4v) is 2.83. The number of alkyl halides is 6. The van der Waals surface area contributed by atoms with Gasteiger partial charge in [0, 0.05) is 17.9 Å². The molecular formula is C16H14Cl3F7O2. The fraction of sp³-hybridized carbons (Fsp3) is 0.562. The Morgan fingerprint density at radius 2 is 1.54 bits per heavy atom. The average molecular weight is 478 g/mol. The standard InChI is InChI=1S/C16H14Cl3F7O2/c1-14(2,10(17)4-15(18,19)16(24,25)26)5-11(27)28-6-7-12(22)8(20)3-9(21)13(7)23/h3,10H,4-6H2,1-2H3. The first-order valence-corrected chi connectivity index (χ1v) is 8.75. The SMILES string of the molecule is CC(C)(CC(=O)OCc1c(F)c(F)cc(F)c1F)C(Cl)CC(Cl)(Cl)C(F)(F)F. The van der Waals surface area contributed by atoms with Gasteiger partial charge < -0.3 is 4.74 Å². The summed E-state index contributed by atoms with van der Waals surface area (Å²) in [5, 5.41) is -1.35. The third kappa shape index (κ3) is 6.03. The Balaban J connectivity index is 2.80. The molecule has 0 aromatic heterocycles. The molecule has 0 aliphatic heterocycles. The second-order valence-corrected chi connectivity index (χ2v) is 8.66. The molecule has 0 spiro atoms. The van der Waals surface area contributed by atoms with Crippen LogP contribution in [0.1, 0.15) is 32.3 Å². The highest BCUT2D eigenvalue weighted by Crippen LogP contribution is 2.47. The lowest BCUT2D eigenvalue weighted by Gasteiger charge is -2.33. The highest BCUT2D eigenvalue weighted by atomic mass is 35.5. The van der Waals surface area contributed by atoms with Gasteiger partial charge in [-0.15, -0.1) is 11.6 Å². The van der Waals surface area contributed by atoms with Crippen molar-refractivity contribution in [2.45, 2.75) is 49.2 Å². The highest BCUT2D eigenvalue weighted by Gasteiger charge is 2.54. The normalized spacial score (nSPS) is 14.1. The van der Waals surface area contributed by atoms with Crippen LogP contribution in [0.3, 0.4) is 0 Å². The van der Waals surface area contributed by atoms with Crippen molar-refractivity contribution in [3.05, 3.63) is 34.9 Å². The van der Waals surface area contributed by atoms with Crippen LogP contribution in [-0.2, 0) is 16.1 Å². The van der Waals surface area contributed by atoms with E-state index in [1.165, 1.54) is 13.8 Å². The van der Waals surface area contributed by atoms with Crippen molar-refractivity contribution in [1.82, 2.24) is 0 Å². The zero-order valence-corrected chi connectivity index (χ0v) is 16.6. The molecule has 1 atom stereocenters. The fourth-order valence-electron chi connectivity index (χ4n) is 2.05. The average Bonchev–Trinajstić information content (AvgIpc) is 2.51. The van der Waals surface area contributed by atoms with Crippen LogP contribution in [0.2, 0.25) is 0 Å². The summed E-state index contributed by atoms with van der Waals surface area (Å²) in [7, 11) is 0. The summed E-state index contributed by atoms with van der Waals surface area (Å²) in [4.78, 5) is 11.9. The zero-order chi connectivity index (χ0) is 22.1. The third-order valence-corrected chi connectivity index (χ3v) is 5.36. The maximum atomic E-state index is 13.5. The predicted octanol–water partition coefficient (Wildman–Crippen LogP) is 6.44. The molecule has 1 rings (SSSR count). The van der Waals surface area contributed by atoms with E-state index in [1.807, 2.05) is 0 Å². The first-order chi connectivity index (χ1) is 12.5. The van der Waals surface area contributed by atoms with Gasteiger partial charge in [0.25, 0.3) is 0 Å². The van der Waals surface area contributed by atoms with E-state index in [0.717, 1.165) is 0 Å². The van der Waals surface area contributed by atoms with Crippen molar-refractivity contribution >= 4 is 40.8 Å². The zero-order valence-electron chi connectivity index (χ0n) is 14.4. The van der Waals surface area contributed by atoms with E-state index in [4.69, 9.17) is 34.8 Å². The molecule has 1 aromatic rings. The monoisotopic (exact) mass is 476 g/mol. The van der Waals surface area contributed by atoms with Crippen molar-refractivity contribution in [2.75, 3.05) is 0 Å². The second kappa shape index (κ2) is 8.83. The van der Waals surface area contributed by atoms with E-state index < -0.39 is 75.6 Å². The maximum absolute atomic E-state index is 13.5. The number of halogens is 10. The van der Waals surface area contributed by atoms with Gasteiger partial charge in [0.15, 0.2) is 23.3 Å². The van der Waals surface area contributed by atoms with Gasteiger partial charge in [0.05, 0.1) is 12.0 Å². The molecule has 0 bridgehead atoms. The molecule has 0 fully saturated rings. The quantitative estimate of drug-likeness (QED) is 0.196. The first kappa shape index (κ1) is 25.1. The van der Waals surface area contributed by atoms with Crippen LogP contribution in [0.15, 0.2) is 6.07 Å². The van der Waals surface area contributed by atoms with Gasteiger partial charge in [-0.2, -0.15) is 13.2 Å². The van der Waals surface area contributed by atoms with Crippen molar-refractivity contribution in [2.24, 2.45) is 5.41 Å². The minimum atomic E-state index is -4.98. The van der Waals surface area contributed by atoms with Gasteiger partial charge in [-0.3, -0.25) is 4.79 Å². The lowest BCUT2D eigenvalue weighted by Crippen LogP contribution is -2.40. The molecule has 1 aromatic carbocycles. The van der Waals surface area contributed by atoms with Gasteiger partial charge in [-0.1, -0.05) is 37.0 Å². The number of carbonyl (C=O) groups is 1.